The number of rotatable bonds is 6. The Morgan fingerprint density at radius 1 is 1.08 bits per heavy atom. The number of nitrogens with zero attached hydrogens (tertiary/aromatic N) is 1. The molecule has 0 bridgehead atoms. The summed E-state index contributed by atoms with van der Waals surface area (Å²) in [7, 11) is -3.49. The van der Waals surface area contributed by atoms with E-state index in [0.29, 0.717) is 18.9 Å². The van der Waals surface area contributed by atoms with Gasteiger partial charge in [-0.3, -0.25) is 0 Å². The molecule has 0 atom stereocenters. The highest BCUT2D eigenvalue weighted by molar-refractivity contribution is 7.89. The Morgan fingerprint density at radius 3 is 2.46 bits per heavy atom. The summed E-state index contributed by atoms with van der Waals surface area (Å²) in [5, 5.41) is 0. The Bertz CT molecular complexity index is 895. The minimum absolute atomic E-state index is 0.288. The summed E-state index contributed by atoms with van der Waals surface area (Å²) in [6.45, 7) is 4.46. The fourth-order valence-corrected chi connectivity index (χ4v) is 3.57. The van der Waals surface area contributed by atoms with Gasteiger partial charge >= 0.3 is 0 Å². The fourth-order valence-electron chi connectivity index (χ4n) is 2.54. The van der Waals surface area contributed by atoms with E-state index in [9.17, 15) is 8.42 Å². The van der Waals surface area contributed by atoms with Gasteiger partial charge in [0.15, 0.2) is 0 Å². The third-order valence-corrected chi connectivity index (χ3v) is 5.43. The van der Waals surface area contributed by atoms with Gasteiger partial charge in [0, 0.05) is 13.0 Å². The molecule has 0 aliphatic heterocycles. The Balaban J connectivity index is 1.64. The average molecular weight is 343 g/mol. The van der Waals surface area contributed by atoms with Crippen molar-refractivity contribution in [2.75, 3.05) is 6.54 Å². The standard InChI is InChI=1S/C18H21N3O2S/c1-13(2)14-7-9-15(10-8-14)24(22,23)19-12-11-18-20-16-5-3-4-6-17(16)21-18/h3-10,13,19H,11-12H2,1-2H3,(H,20,21). The molecule has 0 radical (unpaired) electrons. The first-order chi connectivity index (χ1) is 11.5. The predicted molar refractivity (Wildman–Crippen MR) is 95.5 cm³/mol. The van der Waals surface area contributed by atoms with Crippen LogP contribution in [0.4, 0.5) is 0 Å². The molecule has 2 aromatic carbocycles. The molecule has 0 aliphatic rings. The van der Waals surface area contributed by atoms with Gasteiger partial charge in [-0.1, -0.05) is 38.1 Å². The van der Waals surface area contributed by atoms with Gasteiger partial charge in [-0.2, -0.15) is 0 Å². The highest BCUT2D eigenvalue weighted by Gasteiger charge is 2.14. The van der Waals surface area contributed by atoms with Crippen LogP contribution in [0.1, 0.15) is 31.2 Å². The second-order valence-electron chi connectivity index (χ2n) is 6.07. The lowest BCUT2D eigenvalue weighted by molar-refractivity contribution is 0.581. The minimum Gasteiger partial charge on any atom is -0.342 e. The molecule has 0 unspecified atom stereocenters. The van der Waals surface area contributed by atoms with Crippen molar-refractivity contribution in [3.63, 3.8) is 0 Å². The first-order valence-corrected chi connectivity index (χ1v) is 9.47. The van der Waals surface area contributed by atoms with Crippen molar-refractivity contribution < 1.29 is 8.42 Å². The number of aromatic amines is 1. The summed E-state index contributed by atoms with van der Waals surface area (Å²) in [5.41, 5.74) is 2.97. The average Bonchev–Trinajstić information content (AvgIpc) is 2.97. The first kappa shape index (κ1) is 16.7. The summed E-state index contributed by atoms with van der Waals surface area (Å²) in [4.78, 5) is 7.93. The van der Waals surface area contributed by atoms with Crippen molar-refractivity contribution in [2.24, 2.45) is 0 Å². The number of sulfonamides is 1. The van der Waals surface area contributed by atoms with E-state index in [1.54, 1.807) is 12.1 Å². The van der Waals surface area contributed by atoms with Gasteiger partial charge < -0.3 is 4.98 Å². The lowest BCUT2D eigenvalue weighted by atomic mass is 10.0. The van der Waals surface area contributed by atoms with Gasteiger partial charge in [-0.25, -0.2) is 18.1 Å². The Labute approximate surface area is 142 Å². The van der Waals surface area contributed by atoms with Crippen molar-refractivity contribution in [3.05, 3.63) is 59.9 Å². The molecule has 6 heteroatoms. The fraction of sp³-hybridized carbons (Fsp3) is 0.278. The normalized spacial score (nSPS) is 12.1. The molecule has 1 aromatic heterocycles. The number of aromatic nitrogens is 2. The van der Waals surface area contributed by atoms with Crippen LogP contribution in [0.3, 0.4) is 0 Å². The quantitative estimate of drug-likeness (QED) is 0.722. The molecule has 0 saturated carbocycles. The lowest BCUT2D eigenvalue weighted by Crippen LogP contribution is -2.26. The molecule has 126 valence electrons. The van der Waals surface area contributed by atoms with Crippen LogP contribution < -0.4 is 4.72 Å². The van der Waals surface area contributed by atoms with Crippen LogP contribution in [0.25, 0.3) is 11.0 Å². The zero-order valence-corrected chi connectivity index (χ0v) is 14.6. The number of nitrogens with one attached hydrogen (secondary N) is 2. The van der Waals surface area contributed by atoms with Crippen LogP contribution >= 0.6 is 0 Å². The number of imidazole rings is 1. The van der Waals surface area contributed by atoms with Crippen molar-refractivity contribution in [1.29, 1.82) is 0 Å². The third-order valence-electron chi connectivity index (χ3n) is 3.95. The van der Waals surface area contributed by atoms with Gasteiger partial charge in [0.1, 0.15) is 5.82 Å². The molecule has 0 fully saturated rings. The molecular weight excluding hydrogens is 322 g/mol. The zero-order valence-electron chi connectivity index (χ0n) is 13.8. The maximum absolute atomic E-state index is 12.3. The van der Waals surface area contributed by atoms with Crippen LogP contribution in [-0.2, 0) is 16.4 Å². The van der Waals surface area contributed by atoms with E-state index in [2.05, 4.69) is 28.5 Å². The molecular formula is C18H21N3O2S. The van der Waals surface area contributed by atoms with Crippen molar-refractivity contribution >= 4 is 21.1 Å². The van der Waals surface area contributed by atoms with E-state index < -0.39 is 10.0 Å². The topological polar surface area (TPSA) is 74.8 Å². The van der Waals surface area contributed by atoms with E-state index in [1.807, 2.05) is 36.4 Å². The number of hydrogen-bond acceptors (Lipinski definition) is 3. The molecule has 2 N–H and O–H groups in total. The number of fused-ring (bicyclic) bond motifs is 1. The maximum Gasteiger partial charge on any atom is 0.240 e. The zero-order chi connectivity index (χ0) is 17.2. The lowest BCUT2D eigenvalue weighted by Gasteiger charge is -2.08. The first-order valence-electron chi connectivity index (χ1n) is 7.99. The molecule has 0 saturated heterocycles. The van der Waals surface area contributed by atoms with Crippen LogP contribution in [0.15, 0.2) is 53.4 Å². The third kappa shape index (κ3) is 3.66. The monoisotopic (exact) mass is 343 g/mol. The molecule has 0 spiro atoms. The molecule has 0 amide bonds. The van der Waals surface area contributed by atoms with Gasteiger partial charge in [0.05, 0.1) is 15.9 Å². The molecule has 3 aromatic rings. The second-order valence-corrected chi connectivity index (χ2v) is 7.84. The summed E-state index contributed by atoms with van der Waals surface area (Å²) in [6.07, 6.45) is 0.512. The Hall–Kier alpha value is -2.18. The second kappa shape index (κ2) is 6.75. The highest BCUT2D eigenvalue weighted by atomic mass is 32.2. The molecule has 0 aliphatic carbocycles. The van der Waals surface area contributed by atoms with E-state index in [-0.39, 0.29) is 4.90 Å². The van der Waals surface area contributed by atoms with Gasteiger partial charge in [0.25, 0.3) is 0 Å². The van der Waals surface area contributed by atoms with Crippen LogP contribution in [0, 0.1) is 0 Å². The van der Waals surface area contributed by atoms with Crippen molar-refractivity contribution in [1.82, 2.24) is 14.7 Å². The van der Waals surface area contributed by atoms with Crippen LogP contribution in [0.5, 0.6) is 0 Å². The van der Waals surface area contributed by atoms with Crippen molar-refractivity contribution in [2.45, 2.75) is 31.1 Å². The molecule has 24 heavy (non-hydrogen) atoms. The highest BCUT2D eigenvalue weighted by Crippen LogP contribution is 2.17. The van der Waals surface area contributed by atoms with E-state index in [0.717, 1.165) is 22.4 Å². The van der Waals surface area contributed by atoms with Crippen LogP contribution in [0.2, 0.25) is 0 Å². The van der Waals surface area contributed by atoms with Crippen LogP contribution in [-0.4, -0.2) is 24.9 Å². The van der Waals surface area contributed by atoms with Gasteiger partial charge in [-0.05, 0) is 35.7 Å². The minimum atomic E-state index is -3.49. The van der Waals surface area contributed by atoms with Gasteiger partial charge in [-0.15, -0.1) is 0 Å². The van der Waals surface area contributed by atoms with E-state index in [1.165, 1.54) is 0 Å². The number of hydrogen-bond donors (Lipinski definition) is 2. The number of para-hydroxylation sites is 2. The number of H-pyrrole nitrogens is 1. The summed E-state index contributed by atoms with van der Waals surface area (Å²) in [5.74, 6) is 1.15. The molecule has 5 nitrogen and oxygen atoms in total. The van der Waals surface area contributed by atoms with Crippen molar-refractivity contribution in [3.8, 4) is 0 Å². The smallest absolute Gasteiger partial charge is 0.240 e. The van der Waals surface area contributed by atoms with Gasteiger partial charge in [0.2, 0.25) is 10.0 Å². The Kier molecular flexibility index (Phi) is 4.69. The molecule has 1 heterocycles. The molecule has 3 rings (SSSR count). The summed E-state index contributed by atoms with van der Waals surface area (Å²) in [6, 6.07) is 14.8. The number of benzene rings is 2. The van der Waals surface area contributed by atoms with E-state index in [4.69, 9.17) is 0 Å². The maximum atomic E-state index is 12.3. The van der Waals surface area contributed by atoms with E-state index >= 15 is 0 Å². The summed E-state index contributed by atoms with van der Waals surface area (Å²) < 4.78 is 27.3. The largest absolute Gasteiger partial charge is 0.342 e. The summed E-state index contributed by atoms with van der Waals surface area (Å²) >= 11 is 0. The predicted octanol–water partition coefficient (Wildman–Crippen LogP) is 3.21. The Morgan fingerprint density at radius 2 is 1.79 bits per heavy atom. The SMILES string of the molecule is CC(C)c1ccc(S(=O)(=O)NCCc2nc3ccccc3[nH]2)cc1.